The first-order chi connectivity index (χ1) is 14.0. The Hall–Kier alpha value is -2.70. The van der Waals surface area contributed by atoms with Crippen LogP contribution < -0.4 is 10.6 Å². The summed E-state index contributed by atoms with van der Waals surface area (Å²) in [7, 11) is 0. The van der Waals surface area contributed by atoms with Crippen LogP contribution in [0.5, 0.6) is 0 Å². The molecule has 0 aliphatic carbocycles. The van der Waals surface area contributed by atoms with Crippen molar-refractivity contribution in [1.82, 2.24) is 10.2 Å². The lowest BCUT2D eigenvalue weighted by Gasteiger charge is -2.33. The highest BCUT2D eigenvalue weighted by Gasteiger charge is 2.21. The minimum Gasteiger partial charge on any atom is -0.371 e. The molecule has 2 aromatic carbocycles. The summed E-state index contributed by atoms with van der Waals surface area (Å²) in [5.74, 6) is -1.23. The van der Waals surface area contributed by atoms with E-state index in [9.17, 15) is 9.59 Å². The molecule has 29 heavy (non-hydrogen) atoms. The quantitative estimate of drug-likeness (QED) is 0.583. The maximum Gasteiger partial charge on any atom is 0.313 e. The fourth-order valence-corrected chi connectivity index (χ4v) is 3.41. The van der Waals surface area contributed by atoms with Crippen molar-refractivity contribution in [2.24, 2.45) is 0 Å². The van der Waals surface area contributed by atoms with E-state index in [2.05, 4.69) is 27.7 Å². The lowest BCUT2D eigenvalue weighted by atomic mass is 10.1. The molecule has 0 aromatic heterocycles. The standard InChI is InChI=1S/C23H29N3O3/c1-17-9-10-18(2)20(15-17)25-23(28)22(27)24-11-6-12-26-13-14-29-21(16-26)19-7-4-3-5-8-19/h3-5,7-10,15,21H,6,11-14,16H2,1-2H3,(H,24,27)(H,25,28). The number of amides is 2. The van der Waals surface area contributed by atoms with Crippen LogP contribution in [0.1, 0.15) is 29.2 Å². The number of nitrogens with zero attached hydrogens (tertiary/aromatic N) is 1. The summed E-state index contributed by atoms with van der Waals surface area (Å²) in [5, 5.41) is 5.40. The molecule has 154 valence electrons. The van der Waals surface area contributed by atoms with Crippen LogP contribution in [0.4, 0.5) is 5.69 Å². The van der Waals surface area contributed by atoms with Crippen molar-refractivity contribution in [3.63, 3.8) is 0 Å². The van der Waals surface area contributed by atoms with Crippen LogP contribution in [0.3, 0.4) is 0 Å². The Balaban J connectivity index is 1.39. The summed E-state index contributed by atoms with van der Waals surface area (Å²) >= 11 is 0. The van der Waals surface area contributed by atoms with E-state index in [4.69, 9.17) is 4.74 Å². The summed E-state index contributed by atoms with van der Waals surface area (Å²) in [4.78, 5) is 26.5. The van der Waals surface area contributed by atoms with Gasteiger partial charge in [-0.2, -0.15) is 0 Å². The molecule has 1 atom stereocenters. The van der Waals surface area contributed by atoms with Crippen LogP contribution in [0.15, 0.2) is 48.5 Å². The zero-order valence-corrected chi connectivity index (χ0v) is 17.1. The number of carbonyl (C=O) groups is 2. The summed E-state index contributed by atoms with van der Waals surface area (Å²) < 4.78 is 5.88. The zero-order valence-electron chi connectivity index (χ0n) is 17.1. The topological polar surface area (TPSA) is 70.7 Å². The maximum atomic E-state index is 12.1. The summed E-state index contributed by atoms with van der Waals surface area (Å²) in [6, 6.07) is 16.0. The molecule has 1 fully saturated rings. The van der Waals surface area contributed by atoms with Crippen LogP contribution in [-0.2, 0) is 14.3 Å². The first kappa shape index (κ1) is 21.0. The van der Waals surface area contributed by atoms with Crippen molar-refractivity contribution >= 4 is 17.5 Å². The Kier molecular flexibility index (Phi) is 7.38. The van der Waals surface area contributed by atoms with E-state index in [1.165, 1.54) is 5.56 Å². The van der Waals surface area contributed by atoms with E-state index >= 15 is 0 Å². The van der Waals surface area contributed by atoms with E-state index in [0.717, 1.165) is 37.2 Å². The second-order valence-corrected chi connectivity index (χ2v) is 7.45. The van der Waals surface area contributed by atoms with Crippen molar-refractivity contribution in [3.8, 4) is 0 Å². The van der Waals surface area contributed by atoms with Gasteiger partial charge in [-0.15, -0.1) is 0 Å². The van der Waals surface area contributed by atoms with Crippen molar-refractivity contribution in [1.29, 1.82) is 0 Å². The highest BCUT2D eigenvalue weighted by Crippen LogP contribution is 2.21. The van der Waals surface area contributed by atoms with E-state index in [0.29, 0.717) is 18.8 Å². The molecule has 2 N–H and O–H groups in total. The lowest BCUT2D eigenvalue weighted by Crippen LogP contribution is -2.41. The van der Waals surface area contributed by atoms with Crippen molar-refractivity contribution in [2.75, 3.05) is 38.1 Å². The number of morpholine rings is 1. The monoisotopic (exact) mass is 395 g/mol. The van der Waals surface area contributed by atoms with Gasteiger partial charge in [-0.1, -0.05) is 42.5 Å². The summed E-state index contributed by atoms with van der Waals surface area (Å²) in [6.45, 7) is 7.58. The molecule has 1 heterocycles. The van der Waals surface area contributed by atoms with Crippen molar-refractivity contribution in [3.05, 3.63) is 65.2 Å². The first-order valence-corrected chi connectivity index (χ1v) is 10.1. The summed E-state index contributed by atoms with van der Waals surface area (Å²) in [6.07, 6.45) is 0.868. The number of rotatable bonds is 6. The molecular formula is C23H29N3O3. The zero-order chi connectivity index (χ0) is 20.6. The molecule has 2 aromatic rings. The Labute approximate surface area is 172 Å². The molecule has 0 radical (unpaired) electrons. The van der Waals surface area contributed by atoms with Gasteiger partial charge < -0.3 is 15.4 Å². The smallest absolute Gasteiger partial charge is 0.313 e. The van der Waals surface area contributed by atoms with E-state index in [1.807, 2.05) is 50.2 Å². The van der Waals surface area contributed by atoms with Gasteiger partial charge in [0.15, 0.2) is 0 Å². The third kappa shape index (κ3) is 6.14. The number of hydrogen-bond acceptors (Lipinski definition) is 4. The second-order valence-electron chi connectivity index (χ2n) is 7.45. The Morgan fingerprint density at radius 3 is 2.69 bits per heavy atom. The SMILES string of the molecule is Cc1ccc(C)c(NC(=O)C(=O)NCCCN2CCOC(c3ccccc3)C2)c1. The number of aryl methyl sites for hydroxylation is 2. The van der Waals surface area contributed by atoms with Crippen LogP contribution in [-0.4, -0.2) is 49.5 Å². The van der Waals surface area contributed by atoms with Crippen LogP contribution >= 0.6 is 0 Å². The number of ether oxygens (including phenoxy) is 1. The Morgan fingerprint density at radius 1 is 1.10 bits per heavy atom. The van der Waals surface area contributed by atoms with Gasteiger partial charge in [0.25, 0.3) is 0 Å². The highest BCUT2D eigenvalue weighted by molar-refractivity contribution is 6.39. The van der Waals surface area contributed by atoms with Crippen LogP contribution in [0, 0.1) is 13.8 Å². The molecular weight excluding hydrogens is 366 g/mol. The lowest BCUT2D eigenvalue weighted by molar-refractivity contribution is -0.136. The molecule has 0 saturated carbocycles. The highest BCUT2D eigenvalue weighted by atomic mass is 16.5. The minimum atomic E-state index is -0.630. The number of hydrogen-bond donors (Lipinski definition) is 2. The van der Waals surface area contributed by atoms with Gasteiger partial charge in [-0.25, -0.2) is 0 Å². The average Bonchev–Trinajstić information content (AvgIpc) is 2.74. The number of carbonyl (C=O) groups excluding carboxylic acids is 2. The van der Waals surface area contributed by atoms with Crippen LogP contribution in [0.25, 0.3) is 0 Å². The van der Waals surface area contributed by atoms with Gasteiger partial charge in [0.05, 0.1) is 12.7 Å². The molecule has 0 spiro atoms. The van der Waals surface area contributed by atoms with Gasteiger partial charge in [0.2, 0.25) is 0 Å². The Bertz CT molecular complexity index is 839. The van der Waals surface area contributed by atoms with Gasteiger partial charge in [0.1, 0.15) is 0 Å². The normalized spacial score (nSPS) is 17.0. The number of nitrogens with one attached hydrogen (secondary N) is 2. The average molecular weight is 396 g/mol. The van der Waals surface area contributed by atoms with E-state index in [1.54, 1.807) is 0 Å². The number of benzene rings is 2. The Morgan fingerprint density at radius 2 is 1.90 bits per heavy atom. The fourth-order valence-electron chi connectivity index (χ4n) is 3.41. The summed E-state index contributed by atoms with van der Waals surface area (Å²) in [5.41, 5.74) is 3.82. The molecule has 1 saturated heterocycles. The molecule has 1 unspecified atom stereocenters. The van der Waals surface area contributed by atoms with Gasteiger partial charge in [-0.05, 0) is 43.0 Å². The molecule has 6 heteroatoms. The fraction of sp³-hybridized carbons (Fsp3) is 0.391. The number of anilines is 1. The molecule has 3 rings (SSSR count). The van der Waals surface area contributed by atoms with Gasteiger partial charge in [0, 0.05) is 31.9 Å². The van der Waals surface area contributed by atoms with E-state index in [-0.39, 0.29) is 6.10 Å². The minimum absolute atomic E-state index is 0.0860. The molecule has 0 bridgehead atoms. The largest absolute Gasteiger partial charge is 0.371 e. The maximum absolute atomic E-state index is 12.1. The van der Waals surface area contributed by atoms with Gasteiger partial charge >= 0.3 is 11.8 Å². The van der Waals surface area contributed by atoms with Crippen LogP contribution in [0.2, 0.25) is 0 Å². The molecule has 2 amide bonds. The second kappa shape index (κ2) is 10.2. The van der Waals surface area contributed by atoms with Crippen molar-refractivity contribution < 1.29 is 14.3 Å². The molecule has 6 nitrogen and oxygen atoms in total. The van der Waals surface area contributed by atoms with Gasteiger partial charge in [-0.3, -0.25) is 14.5 Å². The predicted molar refractivity (Wildman–Crippen MR) is 114 cm³/mol. The first-order valence-electron chi connectivity index (χ1n) is 10.1. The molecule has 1 aliphatic heterocycles. The predicted octanol–water partition coefficient (Wildman–Crippen LogP) is 2.82. The van der Waals surface area contributed by atoms with E-state index < -0.39 is 11.8 Å². The molecule has 1 aliphatic rings. The van der Waals surface area contributed by atoms with Crippen molar-refractivity contribution in [2.45, 2.75) is 26.4 Å². The third-order valence-electron chi connectivity index (χ3n) is 5.11. The third-order valence-corrected chi connectivity index (χ3v) is 5.11.